The molecule has 1 heterocycles. The Kier molecular flexibility index (Phi) is 4.64. The number of aromatic carboxylic acids is 1. The molecule has 2 N–H and O–H groups in total. The van der Waals surface area contributed by atoms with Crippen LogP contribution in [0.5, 0.6) is 0 Å². The first-order chi connectivity index (χ1) is 11.8. The lowest BCUT2D eigenvalue weighted by Gasteiger charge is -2.24. The van der Waals surface area contributed by atoms with Crippen molar-refractivity contribution in [3.8, 4) is 0 Å². The van der Waals surface area contributed by atoms with Gasteiger partial charge in [0.25, 0.3) is 0 Å². The number of benzene rings is 1. The van der Waals surface area contributed by atoms with Crippen LogP contribution >= 0.6 is 11.3 Å². The summed E-state index contributed by atoms with van der Waals surface area (Å²) >= 11 is 1.26. The Balaban J connectivity index is 1.74. The number of hydrogen-bond donors (Lipinski definition) is 2. The third kappa shape index (κ3) is 3.90. The maximum Gasteiger partial charge on any atom is 0.339 e. The molecule has 0 atom stereocenters. The molecular formula is C19H20FNO3S. The zero-order valence-corrected chi connectivity index (χ0v) is 15.0. The molecule has 0 spiro atoms. The number of anilines is 1. The quantitative estimate of drug-likeness (QED) is 0.779. The lowest BCUT2D eigenvalue weighted by molar-refractivity contribution is -0.117. The second-order valence-corrected chi connectivity index (χ2v) is 7.97. The molecule has 1 aromatic carbocycles. The molecule has 2 aromatic rings. The molecule has 0 bridgehead atoms. The SMILES string of the molecule is CC(C)(CC(=O)Nc1scc(C2CC2)c1C(=O)O)c1ccc(F)cc1. The lowest BCUT2D eigenvalue weighted by Crippen LogP contribution is -2.26. The van der Waals surface area contributed by atoms with Crippen LogP contribution < -0.4 is 5.32 Å². The fourth-order valence-electron chi connectivity index (χ4n) is 2.95. The van der Waals surface area contributed by atoms with Gasteiger partial charge in [0.2, 0.25) is 5.91 Å². The Labute approximate surface area is 149 Å². The van der Waals surface area contributed by atoms with Crippen LogP contribution in [0.25, 0.3) is 0 Å². The minimum Gasteiger partial charge on any atom is -0.478 e. The smallest absolute Gasteiger partial charge is 0.339 e. The van der Waals surface area contributed by atoms with Gasteiger partial charge in [0, 0.05) is 6.42 Å². The van der Waals surface area contributed by atoms with Crippen LogP contribution in [0.3, 0.4) is 0 Å². The number of halogens is 1. The highest BCUT2D eigenvalue weighted by Crippen LogP contribution is 2.46. The van der Waals surface area contributed by atoms with E-state index >= 15 is 0 Å². The topological polar surface area (TPSA) is 66.4 Å². The predicted octanol–water partition coefficient (Wildman–Crippen LogP) is 4.77. The van der Waals surface area contributed by atoms with Crippen LogP contribution in [0.2, 0.25) is 0 Å². The fourth-order valence-corrected chi connectivity index (χ4v) is 4.00. The first-order valence-electron chi connectivity index (χ1n) is 8.18. The highest BCUT2D eigenvalue weighted by molar-refractivity contribution is 7.15. The standard InChI is InChI=1S/C19H20FNO3S/c1-19(2,12-5-7-13(20)8-6-12)9-15(22)21-17-16(18(23)24)14(10-25-17)11-3-4-11/h5-8,10-11H,3-4,9H2,1-2H3,(H,21,22)(H,23,24). The zero-order chi connectivity index (χ0) is 18.2. The highest BCUT2D eigenvalue weighted by atomic mass is 32.1. The van der Waals surface area contributed by atoms with E-state index in [1.54, 1.807) is 12.1 Å². The van der Waals surface area contributed by atoms with Gasteiger partial charge in [-0.2, -0.15) is 0 Å². The van der Waals surface area contributed by atoms with Crippen LogP contribution in [0.15, 0.2) is 29.6 Å². The second-order valence-electron chi connectivity index (χ2n) is 7.09. The normalized spacial score (nSPS) is 14.4. The van der Waals surface area contributed by atoms with Crippen molar-refractivity contribution in [1.82, 2.24) is 0 Å². The van der Waals surface area contributed by atoms with Gasteiger partial charge in [0.1, 0.15) is 10.8 Å². The number of thiophene rings is 1. The van der Waals surface area contributed by atoms with Crippen LogP contribution in [0.1, 0.15) is 60.5 Å². The van der Waals surface area contributed by atoms with Crippen LogP contribution in [0.4, 0.5) is 9.39 Å². The van der Waals surface area contributed by atoms with E-state index in [-0.39, 0.29) is 23.7 Å². The molecule has 4 nitrogen and oxygen atoms in total. The van der Waals surface area contributed by atoms with E-state index in [1.807, 2.05) is 19.2 Å². The molecule has 25 heavy (non-hydrogen) atoms. The van der Waals surface area contributed by atoms with Crippen molar-refractivity contribution in [3.05, 3.63) is 52.2 Å². The number of hydrogen-bond acceptors (Lipinski definition) is 3. The van der Waals surface area contributed by atoms with Crippen molar-refractivity contribution in [3.63, 3.8) is 0 Å². The Morgan fingerprint density at radius 1 is 1.28 bits per heavy atom. The maximum atomic E-state index is 13.1. The molecule has 1 aliphatic rings. The summed E-state index contributed by atoms with van der Waals surface area (Å²) in [6, 6.07) is 6.08. The van der Waals surface area contributed by atoms with E-state index in [4.69, 9.17) is 0 Å². The minimum atomic E-state index is -1.00. The van der Waals surface area contributed by atoms with Gasteiger partial charge in [-0.3, -0.25) is 4.79 Å². The number of carbonyl (C=O) groups excluding carboxylic acids is 1. The van der Waals surface area contributed by atoms with Crippen molar-refractivity contribution in [1.29, 1.82) is 0 Å². The maximum absolute atomic E-state index is 13.1. The van der Waals surface area contributed by atoms with Gasteiger partial charge in [0.15, 0.2) is 0 Å². The van der Waals surface area contributed by atoms with Crippen LogP contribution in [0, 0.1) is 5.82 Å². The third-order valence-corrected chi connectivity index (χ3v) is 5.45. The number of carboxylic acids is 1. The molecule has 1 aromatic heterocycles. The van der Waals surface area contributed by atoms with Crippen molar-refractivity contribution in [2.45, 2.75) is 44.4 Å². The number of nitrogens with one attached hydrogen (secondary N) is 1. The molecule has 1 amide bonds. The Hall–Kier alpha value is -2.21. The minimum absolute atomic E-state index is 0.175. The summed E-state index contributed by atoms with van der Waals surface area (Å²) in [4.78, 5) is 24.0. The fraction of sp³-hybridized carbons (Fsp3) is 0.368. The van der Waals surface area contributed by atoms with Crippen LogP contribution in [-0.4, -0.2) is 17.0 Å². The summed E-state index contributed by atoms with van der Waals surface area (Å²) in [6.45, 7) is 3.81. The average Bonchev–Trinajstić information content (AvgIpc) is 3.28. The molecule has 6 heteroatoms. The van der Waals surface area contributed by atoms with E-state index < -0.39 is 11.4 Å². The van der Waals surface area contributed by atoms with E-state index in [2.05, 4.69) is 5.32 Å². The zero-order valence-electron chi connectivity index (χ0n) is 14.1. The number of carboxylic acid groups (broad SMARTS) is 1. The molecule has 1 aliphatic carbocycles. The highest BCUT2D eigenvalue weighted by Gasteiger charge is 2.32. The van der Waals surface area contributed by atoms with Gasteiger partial charge < -0.3 is 10.4 Å². The monoisotopic (exact) mass is 361 g/mol. The molecule has 1 fully saturated rings. The van der Waals surface area contributed by atoms with E-state index in [0.29, 0.717) is 10.9 Å². The molecular weight excluding hydrogens is 341 g/mol. The Morgan fingerprint density at radius 2 is 1.92 bits per heavy atom. The molecule has 0 unspecified atom stereocenters. The van der Waals surface area contributed by atoms with E-state index in [0.717, 1.165) is 24.0 Å². The van der Waals surface area contributed by atoms with Gasteiger partial charge >= 0.3 is 5.97 Å². The van der Waals surface area contributed by atoms with Crippen molar-refractivity contribution in [2.75, 3.05) is 5.32 Å². The number of rotatable bonds is 6. The Bertz CT molecular complexity index is 807. The summed E-state index contributed by atoms with van der Waals surface area (Å²) in [5.74, 6) is -1.26. The van der Waals surface area contributed by atoms with Gasteiger partial charge in [-0.25, -0.2) is 9.18 Å². The summed E-state index contributed by atoms with van der Waals surface area (Å²) in [6.07, 6.45) is 2.18. The number of carbonyl (C=O) groups is 2. The van der Waals surface area contributed by atoms with E-state index in [9.17, 15) is 19.1 Å². The molecule has 0 radical (unpaired) electrons. The predicted molar refractivity (Wildman–Crippen MR) is 95.9 cm³/mol. The largest absolute Gasteiger partial charge is 0.478 e. The van der Waals surface area contributed by atoms with Crippen molar-refractivity contribution >= 4 is 28.2 Å². The second kappa shape index (κ2) is 6.59. The third-order valence-electron chi connectivity index (χ3n) is 4.53. The van der Waals surface area contributed by atoms with Gasteiger partial charge in [0.05, 0.1) is 5.56 Å². The van der Waals surface area contributed by atoms with Gasteiger partial charge in [-0.1, -0.05) is 26.0 Å². The first-order valence-corrected chi connectivity index (χ1v) is 9.06. The summed E-state index contributed by atoms with van der Waals surface area (Å²) < 4.78 is 13.1. The Morgan fingerprint density at radius 3 is 2.48 bits per heavy atom. The van der Waals surface area contributed by atoms with Gasteiger partial charge in [-0.15, -0.1) is 11.3 Å². The molecule has 0 aliphatic heterocycles. The number of amides is 1. The van der Waals surface area contributed by atoms with E-state index in [1.165, 1.54) is 23.5 Å². The summed E-state index contributed by atoms with van der Waals surface area (Å²) in [7, 11) is 0. The summed E-state index contributed by atoms with van der Waals surface area (Å²) in [5.41, 5.74) is 1.41. The first kappa shape index (κ1) is 17.6. The molecule has 0 saturated heterocycles. The average molecular weight is 361 g/mol. The molecule has 1 saturated carbocycles. The van der Waals surface area contributed by atoms with Crippen molar-refractivity contribution in [2.24, 2.45) is 0 Å². The van der Waals surface area contributed by atoms with Crippen LogP contribution in [-0.2, 0) is 10.2 Å². The van der Waals surface area contributed by atoms with Gasteiger partial charge in [-0.05, 0) is 52.8 Å². The lowest BCUT2D eigenvalue weighted by atomic mass is 9.81. The molecule has 132 valence electrons. The summed E-state index contributed by atoms with van der Waals surface area (Å²) in [5, 5.41) is 14.5. The van der Waals surface area contributed by atoms with Crippen molar-refractivity contribution < 1.29 is 19.1 Å². The molecule has 3 rings (SSSR count).